The number of nitrogens with zero attached hydrogens (tertiary/aromatic N) is 2. The van der Waals surface area contributed by atoms with Crippen molar-refractivity contribution in [1.82, 2.24) is 0 Å². The number of aliphatic imine (C=N–C) groups is 2. The Morgan fingerprint density at radius 2 is 2.00 bits per heavy atom. The normalized spacial score (nSPS) is 11.6. The molecule has 0 heterocycles. The predicted octanol–water partition coefficient (Wildman–Crippen LogP) is 2.74. The van der Waals surface area contributed by atoms with Gasteiger partial charge < -0.3 is 0 Å². The van der Waals surface area contributed by atoms with Crippen LogP contribution in [0.4, 0.5) is 14.5 Å². The van der Waals surface area contributed by atoms with Crippen LogP contribution in [-0.2, 0) is 0 Å². The second-order valence-corrected chi connectivity index (χ2v) is 2.75. The molecule has 0 aromatic heterocycles. The van der Waals surface area contributed by atoms with Crippen molar-refractivity contribution in [3.05, 3.63) is 29.3 Å². The zero-order valence-electron chi connectivity index (χ0n) is 8.01. The summed E-state index contributed by atoms with van der Waals surface area (Å²) in [5, 5.41) is 0. The lowest BCUT2D eigenvalue weighted by Gasteiger charge is -2.05. The Balaban J connectivity index is 3.47. The predicted molar refractivity (Wildman–Crippen MR) is 53.7 cm³/mol. The molecule has 4 heteroatoms. The van der Waals surface area contributed by atoms with Crippen LogP contribution in [0.25, 0.3) is 0 Å². The summed E-state index contributed by atoms with van der Waals surface area (Å²) in [5.41, 5.74) is 0.833. The number of halogens is 2. The number of rotatable bonds is 2. The number of hydrogen-bond donors (Lipinski definition) is 0. The summed E-state index contributed by atoms with van der Waals surface area (Å²) < 4.78 is 26.1. The van der Waals surface area contributed by atoms with Gasteiger partial charge in [-0.05, 0) is 13.6 Å². The minimum Gasteiger partial charge on any atom is -0.293 e. The van der Waals surface area contributed by atoms with Crippen molar-refractivity contribution in [2.45, 2.75) is 6.92 Å². The highest BCUT2D eigenvalue weighted by molar-refractivity contribution is 6.03. The first-order valence-corrected chi connectivity index (χ1v) is 3.99. The van der Waals surface area contributed by atoms with Crippen LogP contribution >= 0.6 is 0 Å². The second-order valence-electron chi connectivity index (χ2n) is 2.75. The fraction of sp³-hybridized carbons (Fsp3) is 0.200. The summed E-state index contributed by atoms with van der Waals surface area (Å²) >= 11 is 0. The summed E-state index contributed by atoms with van der Waals surface area (Å²) in [6, 6.07) is 1.93. The van der Waals surface area contributed by atoms with Crippen LogP contribution in [0.5, 0.6) is 0 Å². The Bertz CT molecular complexity index is 397. The van der Waals surface area contributed by atoms with Crippen molar-refractivity contribution < 1.29 is 8.78 Å². The minimum atomic E-state index is -0.671. The van der Waals surface area contributed by atoms with Crippen molar-refractivity contribution in [2.24, 2.45) is 9.98 Å². The van der Waals surface area contributed by atoms with Gasteiger partial charge in [-0.2, -0.15) is 0 Å². The van der Waals surface area contributed by atoms with Gasteiger partial charge in [-0.1, -0.05) is 0 Å². The van der Waals surface area contributed by atoms with Crippen LogP contribution in [-0.4, -0.2) is 19.5 Å². The molecule has 0 saturated carbocycles. The second kappa shape index (κ2) is 4.09. The molecule has 2 nitrogen and oxygen atoms in total. The molecule has 0 aliphatic rings. The van der Waals surface area contributed by atoms with E-state index in [0.29, 0.717) is 5.71 Å². The lowest BCUT2D eigenvalue weighted by atomic mass is 10.1. The van der Waals surface area contributed by atoms with Crippen molar-refractivity contribution in [3.8, 4) is 0 Å². The van der Waals surface area contributed by atoms with Crippen LogP contribution in [0.1, 0.15) is 12.5 Å². The molecule has 0 saturated heterocycles. The molecule has 1 rings (SSSR count). The van der Waals surface area contributed by atoms with E-state index in [1.54, 1.807) is 6.92 Å². The van der Waals surface area contributed by atoms with Gasteiger partial charge in [0.25, 0.3) is 0 Å². The monoisotopic (exact) mass is 196 g/mol. The maximum Gasteiger partial charge on any atom is 0.137 e. The van der Waals surface area contributed by atoms with E-state index >= 15 is 0 Å². The van der Waals surface area contributed by atoms with E-state index in [1.807, 2.05) is 0 Å². The SMILES string of the molecule is C=Nc1cc(F)cc(F)c1C(C)=NC. The van der Waals surface area contributed by atoms with Crippen molar-refractivity contribution >= 4 is 18.1 Å². The summed E-state index contributed by atoms with van der Waals surface area (Å²) in [7, 11) is 1.53. The smallest absolute Gasteiger partial charge is 0.137 e. The molecule has 0 amide bonds. The Morgan fingerprint density at radius 3 is 2.50 bits per heavy atom. The van der Waals surface area contributed by atoms with Crippen molar-refractivity contribution in [3.63, 3.8) is 0 Å². The Kier molecular flexibility index (Phi) is 3.06. The third-order valence-corrected chi connectivity index (χ3v) is 1.90. The molecular formula is C10H10F2N2. The fourth-order valence-electron chi connectivity index (χ4n) is 1.15. The largest absolute Gasteiger partial charge is 0.293 e. The average Bonchev–Trinajstić information content (AvgIpc) is 2.15. The highest BCUT2D eigenvalue weighted by Gasteiger charge is 2.12. The number of benzene rings is 1. The van der Waals surface area contributed by atoms with Gasteiger partial charge in [0, 0.05) is 24.9 Å². The Morgan fingerprint density at radius 1 is 1.36 bits per heavy atom. The van der Waals surface area contributed by atoms with Crippen LogP contribution in [0.3, 0.4) is 0 Å². The molecule has 1 aromatic carbocycles. The first kappa shape index (κ1) is 10.5. The molecule has 0 radical (unpaired) electrons. The number of hydrogen-bond acceptors (Lipinski definition) is 2. The van der Waals surface area contributed by atoms with E-state index in [1.165, 1.54) is 7.05 Å². The van der Waals surface area contributed by atoms with E-state index in [2.05, 4.69) is 16.7 Å². The zero-order valence-corrected chi connectivity index (χ0v) is 8.01. The molecule has 0 atom stereocenters. The molecule has 0 N–H and O–H groups in total. The molecule has 0 unspecified atom stereocenters. The van der Waals surface area contributed by atoms with Gasteiger partial charge in [-0.3, -0.25) is 9.98 Å². The van der Waals surface area contributed by atoms with E-state index in [-0.39, 0.29) is 11.3 Å². The fourth-order valence-corrected chi connectivity index (χ4v) is 1.15. The maximum atomic E-state index is 13.3. The molecule has 0 fully saturated rings. The quantitative estimate of drug-likeness (QED) is 0.650. The lowest BCUT2D eigenvalue weighted by molar-refractivity contribution is 0.582. The summed E-state index contributed by atoms with van der Waals surface area (Å²) in [5.74, 6) is -1.34. The van der Waals surface area contributed by atoms with Gasteiger partial charge in [0.1, 0.15) is 11.6 Å². The molecule has 1 aromatic rings. The van der Waals surface area contributed by atoms with Crippen molar-refractivity contribution in [2.75, 3.05) is 7.05 Å². The highest BCUT2D eigenvalue weighted by Crippen LogP contribution is 2.24. The van der Waals surface area contributed by atoms with E-state index < -0.39 is 11.6 Å². The topological polar surface area (TPSA) is 24.7 Å². The van der Waals surface area contributed by atoms with Crippen LogP contribution in [0, 0.1) is 11.6 Å². The molecule has 74 valence electrons. The van der Waals surface area contributed by atoms with Crippen molar-refractivity contribution in [1.29, 1.82) is 0 Å². The third-order valence-electron chi connectivity index (χ3n) is 1.90. The van der Waals surface area contributed by atoms with Crippen LogP contribution < -0.4 is 0 Å². The minimum absolute atomic E-state index is 0.172. The van der Waals surface area contributed by atoms with E-state index in [4.69, 9.17) is 0 Å². The molecule has 0 aliphatic heterocycles. The summed E-state index contributed by atoms with van der Waals surface area (Å²) in [4.78, 5) is 7.37. The van der Waals surface area contributed by atoms with Crippen LogP contribution in [0.2, 0.25) is 0 Å². The van der Waals surface area contributed by atoms with Crippen LogP contribution in [0.15, 0.2) is 22.1 Å². The molecule has 14 heavy (non-hydrogen) atoms. The first-order valence-electron chi connectivity index (χ1n) is 3.99. The summed E-state index contributed by atoms with van der Waals surface area (Å²) in [6.45, 7) is 4.88. The van der Waals surface area contributed by atoms with Gasteiger partial charge in [0.15, 0.2) is 0 Å². The maximum absolute atomic E-state index is 13.3. The van der Waals surface area contributed by atoms with Gasteiger partial charge in [0.05, 0.1) is 11.3 Å². The standard InChI is InChI=1S/C10H10F2N2/c1-6(13-2)10-8(12)4-7(11)5-9(10)14-3/h4-5H,3H2,1-2H3. The van der Waals surface area contributed by atoms with Gasteiger partial charge >= 0.3 is 0 Å². The zero-order chi connectivity index (χ0) is 10.7. The molecule has 0 spiro atoms. The average molecular weight is 196 g/mol. The third kappa shape index (κ3) is 1.84. The molecule has 0 bridgehead atoms. The first-order chi connectivity index (χ1) is 6.60. The van der Waals surface area contributed by atoms with Gasteiger partial charge in [-0.25, -0.2) is 8.78 Å². The van der Waals surface area contributed by atoms with E-state index in [9.17, 15) is 8.78 Å². The molecule has 0 aliphatic carbocycles. The lowest BCUT2D eigenvalue weighted by Crippen LogP contribution is -2.00. The summed E-state index contributed by atoms with van der Waals surface area (Å²) in [6.07, 6.45) is 0. The Hall–Kier alpha value is -1.58. The van der Waals surface area contributed by atoms with E-state index in [0.717, 1.165) is 12.1 Å². The van der Waals surface area contributed by atoms with Gasteiger partial charge in [0.2, 0.25) is 0 Å². The molecular weight excluding hydrogens is 186 g/mol. The Labute approximate surface area is 81.0 Å². The van der Waals surface area contributed by atoms with Gasteiger partial charge in [-0.15, -0.1) is 0 Å². The highest BCUT2D eigenvalue weighted by atomic mass is 19.1.